The second-order valence-electron chi connectivity index (χ2n) is 9.28. The first-order chi connectivity index (χ1) is 18.2. The number of aromatic nitrogens is 2. The van der Waals surface area contributed by atoms with Crippen LogP contribution < -0.4 is 25.2 Å². The Morgan fingerprint density at radius 1 is 1.00 bits per heavy atom. The van der Waals surface area contributed by atoms with Gasteiger partial charge in [-0.2, -0.15) is 9.29 Å². The van der Waals surface area contributed by atoms with Crippen LogP contribution in [0.15, 0.2) is 48.7 Å². The van der Waals surface area contributed by atoms with Gasteiger partial charge in [0.15, 0.2) is 6.61 Å². The van der Waals surface area contributed by atoms with Gasteiger partial charge in [0.25, 0.3) is 5.91 Å². The first kappa shape index (κ1) is 25.7. The predicted octanol–water partition coefficient (Wildman–Crippen LogP) is 3.10. The SMILES string of the molecule is CCN1C(=O)COc2ccc(Nc3nc(Nc4ccc(N5CCN(S(C)(=O)=O)CC5)cc4)ncc3C)cc21. The number of carbonyl (C=O) groups excluding carboxylic acids is 1. The Morgan fingerprint density at radius 2 is 1.71 bits per heavy atom. The second kappa shape index (κ2) is 10.5. The van der Waals surface area contributed by atoms with E-state index in [2.05, 4.69) is 25.5 Å². The number of hydrogen-bond acceptors (Lipinski definition) is 9. The monoisotopic (exact) mass is 537 g/mol. The summed E-state index contributed by atoms with van der Waals surface area (Å²) in [5, 5.41) is 6.58. The number of ether oxygens (including phenoxy) is 1. The van der Waals surface area contributed by atoms with Gasteiger partial charge in [-0.05, 0) is 56.3 Å². The number of fused-ring (bicyclic) bond motifs is 1. The van der Waals surface area contributed by atoms with E-state index < -0.39 is 10.0 Å². The lowest BCUT2D eigenvalue weighted by atomic mass is 10.2. The van der Waals surface area contributed by atoms with E-state index in [9.17, 15) is 13.2 Å². The summed E-state index contributed by atoms with van der Waals surface area (Å²) in [4.78, 5) is 25.2. The average Bonchev–Trinajstić information content (AvgIpc) is 2.90. The molecule has 0 atom stereocenters. The summed E-state index contributed by atoms with van der Waals surface area (Å²) < 4.78 is 30.6. The number of aryl methyl sites for hydroxylation is 1. The number of carbonyl (C=O) groups is 1. The average molecular weight is 538 g/mol. The van der Waals surface area contributed by atoms with Crippen molar-refractivity contribution in [3.8, 4) is 5.75 Å². The number of piperazine rings is 1. The lowest BCUT2D eigenvalue weighted by Gasteiger charge is -2.34. The fourth-order valence-electron chi connectivity index (χ4n) is 4.55. The van der Waals surface area contributed by atoms with Crippen LogP contribution in [-0.4, -0.2) is 74.2 Å². The van der Waals surface area contributed by atoms with Crippen molar-refractivity contribution < 1.29 is 17.9 Å². The van der Waals surface area contributed by atoms with Crippen molar-refractivity contribution in [2.24, 2.45) is 0 Å². The molecule has 2 aromatic carbocycles. The minimum Gasteiger partial charge on any atom is -0.482 e. The van der Waals surface area contributed by atoms with Gasteiger partial charge in [0.05, 0.1) is 11.9 Å². The van der Waals surface area contributed by atoms with E-state index in [1.54, 1.807) is 11.1 Å². The maximum Gasteiger partial charge on any atom is 0.265 e. The maximum atomic E-state index is 12.2. The number of hydrogen-bond donors (Lipinski definition) is 2. The molecule has 2 N–H and O–H groups in total. The number of rotatable bonds is 7. The Hall–Kier alpha value is -3.90. The zero-order valence-corrected chi connectivity index (χ0v) is 22.5. The smallest absolute Gasteiger partial charge is 0.265 e. The van der Waals surface area contributed by atoms with Gasteiger partial charge in [0.1, 0.15) is 11.6 Å². The van der Waals surface area contributed by atoms with Crippen molar-refractivity contribution >= 4 is 50.4 Å². The Morgan fingerprint density at radius 3 is 2.39 bits per heavy atom. The van der Waals surface area contributed by atoms with Crippen LogP contribution in [-0.2, 0) is 14.8 Å². The highest BCUT2D eigenvalue weighted by atomic mass is 32.2. The summed E-state index contributed by atoms with van der Waals surface area (Å²) >= 11 is 0. The van der Waals surface area contributed by atoms with Gasteiger partial charge in [-0.25, -0.2) is 13.4 Å². The van der Waals surface area contributed by atoms with Crippen LogP contribution in [0.25, 0.3) is 0 Å². The Bertz CT molecular complexity index is 1440. The molecule has 1 fully saturated rings. The topological polar surface area (TPSA) is 120 Å². The molecule has 1 amide bonds. The molecule has 0 saturated carbocycles. The van der Waals surface area contributed by atoms with Crippen molar-refractivity contribution in [3.05, 3.63) is 54.2 Å². The first-order valence-corrected chi connectivity index (χ1v) is 14.3. The number of nitrogens with zero attached hydrogens (tertiary/aromatic N) is 5. The first-order valence-electron chi connectivity index (χ1n) is 12.5. The molecule has 0 aliphatic carbocycles. The molecule has 1 aromatic heterocycles. The molecular formula is C26H31N7O4S. The summed E-state index contributed by atoms with van der Waals surface area (Å²) in [6.45, 7) is 6.73. The van der Waals surface area contributed by atoms with Crippen LogP contribution in [0, 0.1) is 6.92 Å². The van der Waals surface area contributed by atoms with Gasteiger partial charge in [-0.3, -0.25) is 4.79 Å². The molecule has 0 spiro atoms. The van der Waals surface area contributed by atoms with Crippen LogP contribution in [0.2, 0.25) is 0 Å². The molecule has 5 rings (SSSR count). The third kappa shape index (κ3) is 5.50. The normalized spacial score (nSPS) is 16.1. The fourth-order valence-corrected chi connectivity index (χ4v) is 5.38. The van der Waals surface area contributed by atoms with E-state index >= 15 is 0 Å². The minimum absolute atomic E-state index is 0.0501. The molecule has 1 saturated heterocycles. The lowest BCUT2D eigenvalue weighted by Crippen LogP contribution is -2.48. The molecular weight excluding hydrogens is 506 g/mol. The molecule has 12 heteroatoms. The molecule has 2 aliphatic heterocycles. The van der Waals surface area contributed by atoms with Gasteiger partial charge in [-0.15, -0.1) is 0 Å². The highest BCUT2D eigenvalue weighted by molar-refractivity contribution is 7.88. The summed E-state index contributed by atoms with van der Waals surface area (Å²) in [7, 11) is -3.15. The van der Waals surface area contributed by atoms with Crippen LogP contribution in [0.4, 0.5) is 34.5 Å². The van der Waals surface area contributed by atoms with E-state index in [1.807, 2.05) is 56.3 Å². The van der Waals surface area contributed by atoms with Gasteiger partial charge in [-0.1, -0.05) is 0 Å². The molecule has 0 radical (unpaired) electrons. The lowest BCUT2D eigenvalue weighted by molar-refractivity contribution is -0.121. The number of nitrogens with one attached hydrogen (secondary N) is 2. The van der Waals surface area contributed by atoms with Gasteiger partial charge in [0, 0.05) is 61.5 Å². The molecule has 11 nitrogen and oxygen atoms in total. The van der Waals surface area contributed by atoms with Crippen molar-refractivity contribution in [1.82, 2.24) is 14.3 Å². The summed E-state index contributed by atoms with van der Waals surface area (Å²) in [5.41, 5.74) is 4.26. The highest BCUT2D eigenvalue weighted by Gasteiger charge is 2.25. The third-order valence-electron chi connectivity index (χ3n) is 6.65. The molecule has 38 heavy (non-hydrogen) atoms. The van der Waals surface area contributed by atoms with E-state index in [0.29, 0.717) is 50.2 Å². The van der Waals surface area contributed by atoms with Crippen LogP contribution in [0.3, 0.4) is 0 Å². The van der Waals surface area contributed by atoms with Crippen LogP contribution in [0.1, 0.15) is 12.5 Å². The number of amides is 1. The van der Waals surface area contributed by atoms with E-state index in [1.165, 1.54) is 10.6 Å². The zero-order chi connectivity index (χ0) is 26.9. The van der Waals surface area contributed by atoms with Crippen molar-refractivity contribution in [2.75, 3.05) is 66.0 Å². The van der Waals surface area contributed by atoms with E-state index in [4.69, 9.17) is 4.74 Å². The molecule has 3 aromatic rings. The molecule has 3 heterocycles. The van der Waals surface area contributed by atoms with Gasteiger partial charge in [0.2, 0.25) is 16.0 Å². The van der Waals surface area contributed by atoms with Gasteiger partial charge < -0.3 is 25.2 Å². The summed E-state index contributed by atoms with van der Waals surface area (Å²) in [5.74, 6) is 1.71. The Balaban J connectivity index is 1.26. The van der Waals surface area contributed by atoms with Crippen molar-refractivity contribution in [1.29, 1.82) is 0 Å². The van der Waals surface area contributed by atoms with E-state index in [-0.39, 0.29) is 12.5 Å². The summed E-state index contributed by atoms with van der Waals surface area (Å²) in [6, 6.07) is 13.5. The van der Waals surface area contributed by atoms with Crippen molar-refractivity contribution in [3.63, 3.8) is 0 Å². The minimum atomic E-state index is -3.15. The Labute approximate surface area is 222 Å². The zero-order valence-electron chi connectivity index (χ0n) is 21.6. The highest BCUT2D eigenvalue weighted by Crippen LogP contribution is 2.35. The van der Waals surface area contributed by atoms with Crippen molar-refractivity contribution in [2.45, 2.75) is 13.8 Å². The maximum absolute atomic E-state index is 12.2. The van der Waals surface area contributed by atoms with Gasteiger partial charge >= 0.3 is 0 Å². The molecule has 0 bridgehead atoms. The number of benzene rings is 2. The largest absolute Gasteiger partial charge is 0.482 e. The molecule has 0 unspecified atom stereocenters. The number of sulfonamides is 1. The number of anilines is 6. The Kier molecular flexibility index (Phi) is 7.09. The molecule has 2 aliphatic rings. The third-order valence-corrected chi connectivity index (χ3v) is 7.95. The second-order valence-corrected chi connectivity index (χ2v) is 11.3. The standard InChI is InChI=1S/C26H31N7O4S/c1-4-33-22-15-20(7-10-23(22)37-17-24(33)34)28-25-18(2)16-27-26(30-25)29-19-5-8-21(9-6-19)31-11-13-32(14-12-31)38(3,35)36/h5-10,15-16H,4,11-14,17H2,1-3H3,(H2,27,28,29,30). The van der Waals surface area contributed by atoms with Crippen LogP contribution in [0.5, 0.6) is 5.75 Å². The summed E-state index contributed by atoms with van der Waals surface area (Å²) in [6.07, 6.45) is 3.00. The predicted molar refractivity (Wildman–Crippen MR) is 148 cm³/mol. The molecule has 200 valence electrons. The number of likely N-dealkylation sites (N-methyl/N-ethyl adjacent to an activating group) is 1. The fraction of sp³-hybridized carbons (Fsp3) is 0.346. The van der Waals surface area contributed by atoms with E-state index in [0.717, 1.165) is 28.3 Å². The quantitative estimate of drug-likeness (QED) is 0.468. The van der Waals surface area contributed by atoms with Crippen LogP contribution >= 0.6 is 0 Å².